The van der Waals surface area contributed by atoms with E-state index in [4.69, 9.17) is 4.74 Å². The minimum absolute atomic E-state index is 0.190. The van der Waals surface area contributed by atoms with Crippen molar-refractivity contribution in [2.75, 3.05) is 50.0 Å². The normalized spacial score (nSPS) is 14.7. The van der Waals surface area contributed by atoms with Crippen molar-refractivity contribution < 1.29 is 14.3 Å². The fraction of sp³-hybridized carbons (Fsp3) is 0.375. The molecule has 0 radical (unpaired) electrons. The summed E-state index contributed by atoms with van der Waals surface area (Å²) in [6.45, 7) is 10.0. The van der Waals surface area contributed by atoms with Crippen molar-refractivity contribution in [3.05, 3.63) is 59.2 Å². The number of benzene rings is 2. The zero-order valence-corrected chi connectivity index (χ0v) is 18.9. The van der Waals surface area contributed by atoms with Crippen molar-refractivity contribution in [3.63, 3.8) is 0 Å². The summed E-state index contributed by atoms with van der Waals surface area (Å²) in [7, 11) is 0. The first-order chi connectivity index (χ1) is 15.4. The van der Waals surface area contributed by atoms with Crippen LogP contribution in [-0.2, 0) is 9.53 Å². The molecule has 0 atom stereocenters. The number of aliphatic imine (C=N–C) groups is 1. The number of nitrogens with zero attached hydrogens (tertiary/aromatic N) is 2. The van der Waals surface area contributed by atoms with E-state index in [1.165, 1.54) is 6.92 Å². The average molecular weight is 438 g/mol. The van der Waals surface area contributed by atoms with Gasteiger partial charge in [-0.3, -0.25) is 24.8 Å². The second-order valence-electron chi connectivity index (χ2n) is 7.84. The van der Waals surface area contributed by atoms with E-state index in [2.05, 4.69) is 25.8 Å². The molecule has 1 aliphatic rings. The molecule has 1 aliphatic heterocycles. The van der Waals surface area contributed by atoms with E-state index in [1.807, 2.05) is 32.0 Å². The van der Waals surface area contributed by atoms with Crippen LogP contribution in [0.5, 0.6) is 0 Å². The molecule has 3 N–H and O–H groups in total. The molecule has 2 aromatic carbocycles. The third-order valence-corrected chi connectivity index (χ3v) is 5.11. The molecule has 3 rings (SSSR count). The van der Waals surface area contributed by atoms with Gasteiger partial charge in [-0.1, -0.05) is 18.2 Å². The molecular weight excluding hydrogens is 406 g/mol. The maximum Gasteiger partial charge on any atom is 0.258 e. The van der Waals surface area contributed by atoms with Gasteiger partial charge in [-0.15, -0.1) is 0 Å². The Bertz CT molecular complexity index is 983. The van der Waals surface area contributed by atoms with Crippen LogP contribution in [0.4, 0.5) is 11.4 Å². The fourth-order valence-corrected chi connectivity index (χ4v) is 3.36. The molecule has 8 heteroatoms. The molecule has 1 saturated heterocycles. The third-order valence-electron chi connectivity index (χ3n) is 5.11. The topological polar surface area (TPSA) is 95.1 Å². The molecule has 1 heterocycles. The highest BCUT2D eigenvalue weighted by Gasteiger charge is 2.13. The predicted octanol–water partition coefficient (Wildman–Crippen LogP) is 2.79. The van der Waals surface area contributed by atoms with Gasteiger partial charge in [0.2, 0.25) is 11.9 Å². The number of anilines is 2. The molecule has 2 aromatic rings. The van der Waals surface area contributed by atoms with Gasteiger partial charge >= 0.3 is 0 Å². The second kappa shape index (κ2) is 11.4. The molecule has 0 saturated carbocycles. The van der Waals surface area contributed by atoms with Crippen LogP contribution in [0.15, 0.2) is 47.5 Å². The molecule has 2 amide bonds. The Kier molecular flexibility index (Phi) is 8.35. The monoisotopic (exact) mass is 437 g/mol. The first-order valence-electron chi connectivity index (χ1n) is 10.8. The molecule has 8 nitrogen and oxygen atoms in total. The summed E-state index contributed by atoms with van der Waals surface area (Å²) in [6.07, 6.45) is 0. The van der Waals surface area contributed by atoms with Gasteiger partial charge in [0.05, 0.1) is 19.8 Å². The molecule has 0 aromatic heterocycles. The van der Waals surface area contributed by atoms with Crippen LogP contribution in [0.25, 0.3) is 0 Å². The molecular formula is C24H31N5O3. The maximum atomic E-state index is 12.9. The van der Waals surface area contributed by atoms with E-state index in [0.717, 1.165) is 49.7 Å². The molecule has 32 heavy (non-hydrogen) atoms. The SMILES string of the molecule is CC(=O)Nc1cccc(C(=O)NC(=NCCN2CCOCC2)Nc2cc(C)ccc2C)c1. The van der Waals surface area contributed by atoms with Crippen molar-refractivity contribution in [3.8, 4) is 0 Å². The minimum Gasteiger partial charge on any atom is -0.379 e. The van der Waals surface area contributed by atoms with Crippen LogP contribution >= 0.6 is 0 Å². The number of hydrogen-bond donors (Lipinski definition) is 3. The Morgan fingerprint density at radius 3 is 2.59 bits per heavy atom. The van der Waals surface area contributed by atoms with Crippen molar-refractivity contribution >= 4 is 29.1 Å². The third kappa shape index (κ3) is 7.18. The summed E-state index contributed by atoms with van der Waals surface area (Å²) in [5, 5.41) is 8.87. The molecule has 0 bridgehead atoms. The van der Waals surface area contributed by atoms with Gasteiger partial charge in [-0.05, 0) is 49.2 Å². The lowest BCUT2D eigenvalue weighted by atomic mass is 10.1. The largest absolute Gasteiger partial charge is 0.379 e. The minimum atomic E-state index is -0.305. The quantitative estimate of drug-likeness (QED) is 0.477. The Morgan fingerprint density at radius 2 is 1.84 bits per heavy atom. The first kappa shape index (κ1) is 23.4. The van der Waals surface area contributed by atoms with Crippen LogP contribution in [0.2, 0.25) is 0 Å². The van der Waals surface area contributed by atoms with E-state index < -0.39 is 0 Å². The number of nitrogens with one attached hydrogen (secondary N) is 3. The van der Waals surface area contributed by atoms with Gasteiger partial charge < -0.3 is 15.4 Å². The maximum absolute atomic E-state index is 12.9. The summed E-state index contributed by atoms with van der Waals surface area (Å²) < 4.78 is 5.39. The van der Waals surface area contributed by atoms with E-state index >= 15 is 0 Å². The van der Waals surface area contributed by atoms with E-state index in [-0.39, 0.29) is 11.8 Å². The molecule has 0 unspecified atom stereocenters. The smallest absolute Gasteiger partial charge is 0.258 e. The number of hydrogen-bond acceptors (Lipinski definition) is 5. The van der Waals surface area contributed by atoms with Crippen molar-refractivity contribution in [2.45, 2.75) is 20.8 Å². The second-order valence-corrected chi connectivity index (χ2v) is 7.84. The summed E-state index contributed by atoms with van der Waals surface area (Å²) in [5.74, 6) is -0.105. The van der Waals surface area contributed by atoms with Crippen LogP contribution in [0.1, 0.15) is 28.4 Å². The number of morpholine rings is 1. The Hall–Kier alpha value is -3.23. The van der Waals surface area contributed by atoms with Gasteiger partial charge in [0.15, 0.2) is 0 Å². The first-order valence-corrected chi connectivity index (χ1v) is 10.8. The number of amides is 2. The Morgan fingerprint density at radius 1 is 1.06 bits per heavy atom. The van der Waals surface area contributed by atoms with Crippen molar-refractivity contribution in [1.82, 2.24) is 10.2 Å². The number of aryl methyl sites for hydroxylation is 2. The van der Waals surface area contributed by atoms with Gasteiger partial charge in [0.1, 0.15) is 0 Å². The highest BCUT2D eigenvalue weighted by atomic mass is 16.5. The van der Waals surface area contributed by atoms with Crippen LogP contribution in [0.3, 0.4) is 0 Å². The van der Waals surface area contributed by atoms with Gasteiger partial charge in [0.25, 0.3) is 5.91 Å². The average Bonchev–Trinajstić information content (AvgIpc) is 2.76. The summed E-state index contributed by atoms with van der Waals surface area (Å²) in [4.78, 5) is 31.2. The molecule has 170 valence electrons. The number of rotatable bonds is 6. The molecule has 0 aliphatic carbocycles. The number of carbonyl (C=O) groups excluding carboxylic acids is 2. The summed E-state index contributed by atoms with van der Waals surface area (Å²) >= 11 is 0. The zero-order chi connectivity index (χ0) is 22.9. The van der Waals surface area contributed by atoms with Gasteiger partial charge in [0, 0.05) is 43.5 Å². The summed E-state index contributed by atoms with van der Waals surface area (Å²) in [5.41, 5.74) is 4.05. The number of carbonyl (C=O) groups is 2. The number of ether oxygens (including phenoxy) is 1. The van der Waals surface area contributed by atoms with Gasteiger partial charge in [-0.25, -0.2) is 0 Å². The van der Waals surface area contributed by atoms with Crippen molar-refractivity contribution in [2.24, 2.45) is 4.99 Å². The zero-order valence-electron chi connectivity index (χ0n) is 18.9. The predicted molar refractivity (Wildman–Crippen MR) is 127 cm³/mol. The van der Waals surface area contributed by atoms with Crippen LogP contribution < -0.4 is 16.0 Å². The molecule has 1 fully saturated rings. The van der Waals surface area contributed by atoms with E-state index in [1.54, 1.807) is 24.3 Å². The lowest BCUT2D eigenvalue weighted by Crippen LogP contribution is -2.39. The van der Waals surface area contributed by atoms with Crippen LogP contribution in [0, 0.1) is 13.8 Å². The fourth-order valence-electron chi connectivity index (χ4n) is 3.36. The highest BCUT2D eigenvalue weighted by molar-refractivity contribution is 6.10. The van der Waals surface area contributed by atoms with Crippen molar-refractivity contribution in [1.29, 1.82) is 0 Å². The standard InChI is InChI=1S/C24H31N5O3/c1-17-7-8-18(2)22(15-17)27-24(25-9-10-29-11-13-32-14-12-29)28-23(31)20-5-4-6-21(16-20)26-19(3)30/h4-8,15-16H,9-14H2,1-3H3,(H,26,30)(H2,25,27,28,31). The highest BCUT2D eigenvalue weighted by Crippen LogP contribution is 2.16. The van der Waals surface area contributed by atoms with Crippen LogP contribution in [-0.4, -0.2) is 62.1 Å². The summed E-state index contributed by atoms with van der Waals surface area (Å²) in [6, 6.07) is 12.9. The lowest BCUT2D eigenvalue weighted by Gasteiger charge is -2.25. The van der Waals surface area contributed by atoms with E-state index in [9.17, 15) is 9.59 Å². The number of guanidine groups is 1. The lowest BCUT2D eigenvalue weighted by molar-refractivity contribution is -0.114. The Labute approximate surface area is 189 Å². The Balaban J connectivity index is 1.74. The van der Waals surface area contributed by atoms with Gasteiger partial charge in [-0.2, -0.15) is 0 Å². The molecule has 0 spiro atoms. The van der Waals surface area contributed by atoms with E-state index in [0.29, 0.717) is 23.8 Å².